The Morgan fingerprint density at radius 1 is 1.29 bits per heavy atom. The second kappa shape index (κ2) is 7.01. The normalized spacial score (nSPS) is 17.8. The Labute approximate surface area is 140 Å². The van der Waals surface area contributed by atoms with Crippen LogP contribution in [0, 0.1) is 5.82 Å². The fourth-order valence-corrected chi connectivity index (χ4v) is 3.26. The van der Waals surface area contributed by atoms with Crippen LogP contribution in [0.5, 0.6) is 5.75 Å². The van der Waals surface area contributed by atoms with E-state index in [2.05, 4.69) is 4.90 Å². The lowest BCUT2D eigenvalue weighted by Crippen LogP contribution is -2.20. The maximum atomic E-state index is 13.0. The summed E-state index contributed by atoms with van der Waals surface area (Å²) in [6, 6.07) is 12.0. The number of carboxylic acids is 1. The Bertz CT molecular complexity index is 730. The first-order valence-corrected chi connectivity index (χ1v) is 7.95. The fourth-order valence-electron chi connectivity index (χ4n) is 3.26. The summed E-state index contributed by atoms with van der Waals surface area (Å²) in [6.45, 7) is 2.53. The number of methoxy groups -OCH3 is 1. The Morgan fingerprint density at radius 2 is 2.04 bits per heavy atom. The van der Waals surface area contributed by atoms with Gasteiger partial charge in [0.1, 0.15) is 17.1 Å². The summed E-state index contributed by atoms with van der Waals surface area (Å²) < 4.78 is 18.1. The first-order valence-electron chi connectivity index (χ1n) is 7.95. The minimum absolute atomic E-state index is 0.185. The van der Waals surface area contributed by atoms with Crippen LogP contribution in [-0.2, 0) is 6.54 Å². The average molecular weight is 329 g/mol. The molecule has 1 fully saturated rings. The molecule has 0 bridgehead atoms. The highest BCUT2D eigenvalue weighted by Gasteiger charge is 2.24. The molecular weight excluding hydrogens is 309 g/mol. The number of halogens is 1. The number of likely N-dealkylation sites (tertiary alicyclic amines) is 1. The molecule has 0 spiro atoms. The molecule has 0 aromatic heterocycles. The third-order valence-electron chi connectivity index (χ3n) is 4.51. The highest BCUT2D eigenvalue weighted by atomic mass is 19.1. The van der Waals surface area contributed by atoms with Crippen LogP contribution in [0.2, 0.25) is 0 Å². The van der Waals surface area contributed by atoms with Gasteiger partial charge in [-0.25, -0.2) is 9.18 Å². The molecular formula is C19H20FNO3. The van der Waals surface area contributed by atoms with Crippen molar-refractivity contribution in [3.8, 4) is 5.75 Å². The van der Waals surface area contributed by atoms with Crippen molar-refractivity contribution < 1.29 is 19.0 Å². The topological polar surface area (TPSA) is 49.8 Å². The van der Waals surface area contributed by atoms with Gasteiger partial charge >= 0.3 is 5.97 Å². The molecule has 1 aliphatic heterocycles. The third-order valence-corrected chi connectivity index (χ3v) is 4.51. The molecule has 1 saturated heterocycles. The van der Waals surface area contributed by atoms with Gasteiger partial charge < -0.3 is 9.84 Å². The fraction of sp³-hybridized carbons (Fsp3) is 0.316. The van der Waals surface area contributed by atoms with Crippen molar-refractivity contribution in [2.24, 2.45) is 0 Å². The minimum Gasteiger partial charge on any atom is -0.496 e. The van der Waals surface area contributed by atoms with Crippen molar-refractivity contribution in [1.29, 1.82) is 0 Å². The molecule has 0 aliphatic carbocycles. The number of nitrogens with zero attached hydrogens (tertiary/aromatic N) is 1. The van der Waals surface area contributed by atoms with E-state index in [1.165, 1.54) is 19.2 Å². The number of carbonyl (C=O) groups is 1. The van der Waals surface area contributed by atoms with Crippen LogP contribution in [0.3, 0.4) is 0 Å². The van der Waals surface area contributed by atoms with Gasteiger partial charge in [0.2, 0.25) is 0 Å². The van der Waals surface area contributed by atoms with E-state index in [1.807, 2.05) is 18.2 Å². The van der Waals surface area contributed by atoms with E-state index < -0.39 is 5.97 Å². The van der Waals surface area contributed by atoms with Crippen LogP contribution in [0.4, 0.5) is 4.39 Å². The molecule has 1 aliphatic rings. The Balaban J connectivity index is 1.68. The molecule has 2 aromatic rings. The quantitative estimate of drug-likeness (QED) is 0.912. The SMILES string of the molecule is COc1ccc(CN2CC[C@@H](c3ccc(F)cc3)C2)cc1C(=O)O. The molecule has 1 N–H and O–H groups in total. The van der Waals surface area contributed by atoms with Gasteiger partial charge in [0.25, 0.3) is 0 Å². The van der Waals surface area contributed by atoms with Crippen molar-refractivity contribution in [3.05, 3.63) is 65.0 Å². The standard InChI is InChI=1S/C19H20FNO3/c1-24-18-7-2-13(10-17(18)19(22)23)11-21-9-8-15(12-21)14-3-5-16(20)6-4-14/h2-7,10,15H,8-9,11-12H2,1H3,(H,22,23)/t15-/m1/s1. The van der Waals surface area contributed by atoms with Gasteiger partial charge in [0.05, 0.1) is 7.11 Å². The van der Waals surface area contributed by atoms with E-state index in [0.717, 1.165) is 30.6 Å². The third kappa shape index (κ3) is 3.57. The van der Waals surface area contributed by atoms with Gasteiger partial charge in [-0.2, -0.15) is 0 Å². The van der Waals surface area contributed by atoms with Crippen molar-refractivity contribution in [2.75, 3.05) is 20.2 Å². The van der Waals surface area contributed by atoms with Crippen molar-refractivity contribution in [2.45, 2.75) is 18.9 Å². The first-order chi connectivity index (χ1) is 11.6. The van der Waals surface area contributed by atoms with Gasteiger partial charge in [-0.15, -0.1) is 0 Å². The summed E-state index contributed by atoms with van der Waals surface area (Å²) in [5.74, 6) is -0.438. The largest absolute Gasteiger partial charge is 0.496 e. The summed E-state index contributed by atoms with van der Waals surface area (Å²) >= 11 is 0. The number of benzene rings is 2. The molecule has 0 saturated carbocycles. The summed E-state index contributed by atoms with van der Waals surface area (Å²) in [4.78, 5) is 13.6. The molecule has 24 heavy (non-hydrogen) atoms. The van der Waals surface area contributed by atoms with E-state index in [4.69, 9.17) is 4.74 Å². The van der Waals surface area contributed by atoms with E-state index in [-0.39, 0.29) is 11.4 Å². The van der Waals surface area contributed by atoms with Crippen molar-refractivity contribution in [1.82, 2.24) is 4.90 Å². The zero-order chi connectivity index (χ0) is 17.1. The average Bonchev–Trinajstić information content (AvgIpc) is 3.04. The summed E-state index contributed by atoms with van der Waals surface area (Å²) in [5, 5.41) is 9.27. The molecule has 0 amide bonds. The maximum absolute atomic E-state index is 13.0. The molecule has 2 aromatic carbocycles. The number of carboxylic acid groups (broad SMARTS) is 1. The lowest BCUT2D eigenvalue weighted by Gasteiger charge is -2.17. The molecule has 3 rings (SSSR count). The van der Waals surface area contributed by atoms with Crippen LogP contribution in [0.15, 0.2) is 42.5 Å². The smallest absolute Gasteiger partial charge is 0.339 e. The maximum Gasteiger partial charge on any atom is 0.339 e. The number of hydrogen-bond acceptors (Lipinski definition) is 3. The van der Waals surface area contributed by atoms with Crippen LogP contribution in [-0.4, -0.2) is 36.2 Å². The predicted molar refractivity (Wildman–Crippen MR) is 89.0 cm³/mol. The van der Waals surface area contributed by atoms with Crippen molar-refractivity contribution >= 4 is 5.97 Å². The summed E-state index contributed by atoms with van der Waals surface area (Å²) in [5.41, 5.74) is 2.29. The first kappa shape index (κ1) is 16.5. The molecule has 126 valence electrons. The van der Waals surface area contributed by atoms with Gasteiger partial charge in [0.15, 0.2) is 0 Å². The number of hydrogen-bond donors (Lipinski definition) is 1. The summed E-state index contributed by atoms with van der Waals surface area (Å²) in [7, 11) is 1.47. The number of ether oxygens (including phenoxy) is 1. The highest BCUT2D eigenvalue weighted by molar-refractivity contribution is 5.91. The van der Waals surface area contributed by atoms with Gasteiger partial charge in [-0.1, -0.05) is 18.2 Å². The molecule has 0 unspecified atom stereocenters. The van der Waals surface area contributed by atoms with Gasteiger partial charge in [-0.05, 0) is 54.3 Å². The molecule has 1 heterocycles. The van der Waals surface area contributed by atoms with Gasteiger partial charge in [-0.3, -0.25) is 4.90 Å². The van der Waals surface area contributed by atoms with E-state index in [9.17, 15) is 14.3 Å². The van der Waals surface area contributed by atoms with E-state index in [1.54, 1.807) is 12.1 Å². The predicted octanol–water partition coefficient (Wildman–Crippen LogP) is 3.52. The lowest BCUT2D eigenvalue weighted by molar-refractivity contribution is 0.0693. The molecule has 1 atom stereocenters. The monoisotopic (exact) mass is 329 g/mol. The highest BCUT2D eigenvalue weighted by Crippen LogP contribution is 2.29. The van der Waals surface area contributed by atoms with E-state index in [0.29, 0.717) is 18.2 Å². The minimum atomic E-state index is -0.987. The van der Waals surface area contributed by atoms with Crippen LogP contribution in [0.1, 0.15) is 33.8 Å². The van der Waals surface area contributed by atoms with Gasteiger partial charge in [0, 0.05) is 13.1 Å². The Morgan fingerprint density at radius 3 is 2.71 bits per heavy atom. The Hall–Kier alpha value is -2.40. The zero-order valence-electron chi connectivity index (χ0n) is 13.5. The lowest BCUT2D eigenvalue weighted by atomic mass is 9.98. The number of aromatic carboxylic acids is 1. The van der Waals surface area contributed by atoms with Crippen molar-refractivity contribution in [3.63, 3.8) is 0 Å². The van der Waals surface area contributed by atoms with E-state index >= 15 is 0 Å². The second-order valence-corrected chi connectivity index (χ2v) is 6.11. The zero-order valence-corrected chi connectivity index (χ0v) is 13.5. The molecule has 4 nitrogen and oxygen atoms in total. The second-order valence-electron chi connectivity index (χ2n) is 6.11. The molecule has 5 heteroatoms. The van der Waals surface area contributed by atoms with Crippen LogP contribution >= 0.6 is 0 Å². The van der Waals surface area contributed by atoms with Crippen LogP contribution in [0.25, 0.3) is 0 Å². The number of rotatable bonds is 5. The molecule has 0 radical (unpaired) electrons. The van der Waals surface area contributed by atoms with Crippen LogP contribution < -0.4 is 4.74 Å². The Kier molecular flexibility index (Phi) is 4.81. The summed E-state index contributed by atoms with van der Waals surface area (Å²) in [6.07, 6.45) is 1.02.